The molecule has 3 nitrogen and oxygen atoms in total. The van der Waals surface area contributed by atoms with Crippen molar-refractivity contribution in [3.8, 4) is 0 Å². The molecule has 1 aliphatic carbocycles. The Morgan fingerprint density at radius 1 is 1.24 bits per heavy atom. The summed E-state index contributed by atoms with van der Waals surface area (Å²) in [5, 5.41) is 14.5. The Balaban J connectivity index is 1.85. The molecule has 0 aromatic carbocycles. The molecule has 1 aliphatic rings. The standard InChI is InChI=1S/C13H23N3S/c1-3-14-9-8-12-15-16-13(17-12)11-6-4-10(2)5-7-11/h10-11,14H,3-9H2,1-2H3. The lowest BCUT2D eigenvalue weighted by Crippen LogP contribution is -2.15. The van der Waals surface area contributed by atoms with Gasteiger partial charge >= 0.3 is 0 Å². The highest BCUT2D eigenvalue weighted by Gasteiger charge is 2.22. The zero-order valence-corrected chi connectivity index (χ0v) is 11.7. The lowest BCUT2D eigenvalue weighted by molar-refractivity contribution is 0.346. The van der Waals surface area contributed by atoms with Gasteiger partial charge in [-0.1, -0.05) is 26.7 Å². The molecule has 1 saturated carbocycles. The Morgan fingerprint density at radius 2 is 2.00 bits per heavy atom. The lowest BCUT2D eigenvalue weighted by Gasteiger charge is -2.23. The third-order valence-corrected chi connectivity index (χ3v) is 4.76. The maximum absolute atomic E-state index is 4.38. The van der Waals surface area contributed by atoms with Crippen molar-refractivity contribution in [3.63, 3.8) is 0 Å². The number of likely N-dealkylation sites (N-methyl/N-ethyl adjacent to an activating group) is 1. The van der Waals surface area contributed by atoms with Gasteiger partial charge in [-0.15, -0.1) is 21.5 Å². The van der Waals surface area contributed by atoms with Gasteiger partial charge in [0.05, 0.1) is 0 Å². The lowest BCUT2D eigenvalue weighted by atomic mass is 9.83. The normalized spacial score (nSPS) is 25.1. The Labute approximate surface area is 108 Å². The summed E-state index contributed by atoms with van der Waals surface area (Å²) >= 11 is 1.83. The second kappa shape index (κ2) is 6.45. The summed E-state index contributed by atoms with van der Waals surface area (Å²) in [7, 11) is 0. The van der Waals surface area contributed by atoms with Crippen molar-refractivity contribution < 1.29 is 0 Å². The number of aromatic nitrogens is 2. The molecule has 96 valence electrons. The van der Waals surface area contributed by atoms with Crippen LogP contribution in [-0.2, 0) is 6.42 Å². The van der Waals surface area contributed by atoms with Gasteiger partial charge in [0.15, 0.2) is 0 Å². The second-order valence-corrected chi connectivity index (χ2v) is 6.19. The van der Waals surface area contributed by atoms with Crippen LogP contribution in [0.3, 0.4) is 0 Å². The Morgan fingerprint density at radius 3 is 2.71 bits per heavy atom. The van der Waals surface area contributed by atoms with Crippen LogP contribution in [-0.4, -0.2) is 23.3 Å². The van der Waals surface area contributed by atoms with Crippen LogP contribution in [0.4, 0.5) is 0 Å². The number of hydrogen-bond acceptors (Lipinski definition) is 4. The summed E-state index contributed by atoms with van der Waals surface area (Å²) in [6, 6.07) is 0. The van der Waals surface area contributed by atoms with Crippen molar-refractivity contribution in [1.82, 2.24) is 15.5 Å². The summed E-state index contributed by atoms with van der Waals surface area (Å²) in [5.41, 5.74) is 0. The van der Waals surface area contributed by atoms with E-state index in [0.717, 1.165) is 25.4 Å². The van der Waals surface area contributed by atoms with Crippen LogP contribution >= 0.6 is 11.3 Å². The summed E-state index contributed by atoms with van der Waals surface area (Å²) in [4.78, 5) is 0. The van der Waals surface area contributed by atoms with Gasteiger partial charge in [0, 0.05) is 18.9 Å². The molecule has 1 aromatic rings. The molecule has 0 aliphatic heterocycles. The minimum absolute atomic E-state index is 0.691. The number of nitrogens with one attached hydrogen (secondary N) is 1. The molecule has 1 aromatic heterocycles. The summed E-state index contributed by atoms with van der Waals surface area (Å²) in [6.45, 7) is 6.55. The fourth-order valence-electron chi connectivity index (χ4n) is 2.41. The number of nitrogens with zero attached hydrogens (tertiary/aromatic N) is 2. The van der Waals surface area contributed by atoms with Crippen LogP contribution in [0.5, 0.6) is 0 Å². The van der Waals surface area contributed by atoms with Gasteiger partial charge in [-0.2, -0.15) is 0 Å². The van der Waals surface area contributed by atoms with Crippen molar-refractivity contribution in [3.05, 3.63) is 10.0 Å². The van der Waals surface area contributed by atoms with E-state index in [4.69, 9.17) is 0 Å². The molecule has 17 heavy (non-hydrogen) atoms. The van der Waals surface area contributed by atoms with Gasteiger partial charge in [-0.05, 0) is 25.3 Å². The molecule has 1 N–H and O–H groups in total. The highest BCUT2D eigenvalue weighted by Crippen LogP contribution is 2.36. The first-order valence-electron chi connectivity index (χ1n) is 6.82. The third-order valence-electron chi connectivity index (χ3n) is 3.61. The third kappa shape index (κ3) is 3.75. The first-order chi connectivity index (χ1) is 8.29. The Kier molecular flexibility index (Phi) is 4.92. The van der Waals surface area contributed by atoms with Gasteiger partial charge in [-0.25, -0.2) is 0 Å². The largest absolute Gasteiger partial charge is 0.317 e. The summed E-state index contributed by atoms with van der Waals surface area (Å²) in [5.74, 6) is 1.60. The molecular formula is C13H23N3S. The predicted octanol–water partition coefficient (Wildman–Crippen LogP) is 2.98. The van der Waals surface area contributed by atoms with Crippen molar-refractivity contribution in [2.45, 2.75) is 51.9 Å². The number of hydrogen-bond donors (Lipinski definition) is 1. The number of rotatable bonds is 5. The van der Waals surface area contributed by atoms with E-state index in [-0.39, 0.29) is 0 Å². The first-order valence-corrected chi connectivity index (χ1v) is 7.64. The molecule has 1 heterocycles. The fraction of sp³-hybridized carbons (Fsp3) is 0.846. The minimum Gasteiger partial charge on any atom is -0.317 e. The quantitative estimate of drug-likeness (QED) is 0.820. The first kappa shape index (κ1) is 13.0. The van der Waals surface area contributed by atoms with Crippen molar-refractivity contribution in [2.75, 3.05) is 13.1 Å². The molecular weight excluding hydrogens is 230 g/mol. The second-order valence-electron chi connectivity index (χ2n) is 5.09. The van der Waals surface area contributed by atoms with E-state index in [2.05, 4.69) is 29.4 Å². The maximum atomic E-state index is 4.38. The van der Waals surface area contributed by atoms with Crippen molar-refractivity contribution >= 4 is 11.3 Å². The minimum atomic E-state index is 0.691. The van der Waals surface area contributed by atoms with Crippen LogP contribution in [0.1, 0.15) is 55.5 Å². The average Bonchev–Trinajstić information content (AvgIpc) is 2.79. The highest BCUT2D eigenvalue weighted by molar-refractivity contribution is 7.11. The van der Waals surface area contributed by atoms with Crippen LogP contribution in [0.15, 0.2) is 0 Å². The topological polar surface area (TPSA) is 37.8 Å². The molecule has 0 radical (unpaired) electrons. The van der Waals surface area contributed by atoms with E-state index in [1.165, 1.54) is 35.7 Å². The summed E-state index contributed by atoms with van der Waals surface area (Å²) < 4.78 is 0. The molecule has 0 spiro atoms. The van der Waals surface area contributed by atoms with E-state index in [0.29, 0.717) is 5.92 Å². The molecule has 0 amide bonds. The van der Waals surface area contributed by atoms with E-state index in [1.54, 1.807) is 0 Å². The molecule has 0 atom stereocenters. The predicted molar refractivity (Wildman–Crippen MR) is 72.5 cm³/mol. The van der Waals surface area contributed by atoms with Gasteiger partial charge in [-0.3, -0.25) is 0 Å². The van der Waals surface area contributed by atoms with Crippen LogP contribution < -0.4 is 5.32 Å². The van der Waals surface area contributed by atoms with E-state index < -0.39 is 0 Å². The van der Waals surface area contributed by atoms with Crippen molar-refractivity contribution in [2.24, 2.45) is 5.92 Å². The van der Waals surface area contributed by atoms with Gasteiger partial charge in [0.1, 0.15) is 10.0 Å². The highest BCUT2D eigenvalue weighted by atomic mass is 32.1. The zero-order valence-electron chi connectivity index (χ0n) is 10.9. The molecule has 0 bridgehead atoms. The van der Waals surface area contributed by atoms with Gasteiger partial charge in [0.2, 0.25) is 0 Å². The monoisotopic (exact) mass is 253 g/mol. The molecule has 1 fully saturated rings. The van der Waals surface area contributed by atoms with Crippen LogP contribution in [0.25, 0.3) is 0 Å². The van der Waals surface area contributed by atoms with Crippen molar-refractivity contribution in [1.29, 1.82) is 0 Å². The molecule has 0 saturated heterocycles. The van der Waals surface area contributed by atoms with E-state index >= 15 is 0 Å². The molecule has 0 unspecified atom stereocenters. The van der Waals surface area contributed by atoms with Gasteiger partial charge in [0.25, 0.3) is 0 Å². The molecule has 4 heteroatoms. The zero-order chi connectivity index (χ0) is 12.1. The smallest absolute Gasteiger partial charge is 0.120 e. The summed E-state index contributed by atoms with van der Waals surface area (Å²) in [6.07, 6.45) is 6.36. The maximum Gasteiger partial charge on any atom is 0.120 e. The average molecular weight is 253 g/mol. The van der Waals surface area contributed by atoms with Crippen LogP contribution in [0, 0.1) is 5.92 Å². The van der Waals surface area contributed by atoms with Gasteiger partial charge < -0.3 is 5.32 Å². The Bertz CT molecular complexity index is 329. The van der Waals surface area contributed by atoms with E-state index in [9.17, 15) is 0 Å². The Hall–Kier alpha value is -0.480. The SMILES string of the molecule is CCNCCc1nnc(C2CCC(C)CC2)s1. The fourth-order valence-corrected chi connectivity index (χ4v) is 3.42. The van der Waals surface area contributed by atoms with Crippen LogP contribution in [0.2, 0.25) is 0 Å². The molecule has 2 rings (SSSR count). The van der Waals surface area contributed by atoms with E-state index in [1.807, 2.05) is 11.3 Å².